The summed E-state index contributed by atoms with van der Waals surface area (Å²) in [5.41, 5.74) is 0. The van der Waals surface area contributed by atoms with Crippen molar-refractivity contribution in [1.29, 1.82) is 0 Å². The zero-order valence-corrected chi connectivity index (χ0v) is 30.6. The summed E-state index contributed by atoms with van der Waals surface area (Å²) in [5, 5.41) is 0.217. The highest BCUT2D eigenvalue weighted by Crippen LogP contribution is 2.36. The average Bonchev–Trinajstić information content (AvgIpc) is 3.02. The van der Waals surface area contributed by atoms with Crippen LogP contribution in [-0.2, 0) is 61.3 Å². The minimum absolute atomic E-state index is 0.217. The molecule has 0 aromatic rings. The second-order valence-electron chi connectivity index (χ2n) is 11.4. The third kappa shape index (κ3) is 33.2. The molecule has 13 nitrogen and oxygen atoms in total. The zero-order chi connectivity index (χ0) is 33.9. The highest BCUT2D eigenvalue weighted by atomic mass is 28.4. The molecule has 0 heterocycles. The fraction of sp³-hybridized carbons (Fsp3) is 0.938. The van der Waals surface area contributed by atoms with Gasteiger partial charge < -0.3 is 61.3 Å². The van der Waals surface area contributed by atoms with Gasteiger partial charge in [-0.1, -0.05) is 27.4 Å². The van der Waals surface area contributed by atoms with Crippen molar-refractivity contribution >= 4 is 8.32 Å². The third-order valence-electron chi connectivity index (χ3n) is 6.68. The molecule has 0 rings (SSSR count). The van der Waals surface area contributed by atoms with E-state index in [2.05, 4.69) is 40.4 Å². The molecule has 0 amide bonds. The molecule has 0 unspecified atom stereocenters. The molecule has 0 bridgehead atoms. The smallest absolute Gasteiger partial charge is 0.192 e. The Morgan fingerprint density at radius 3 is 0.761 bits per heavy atom. The molecule has 0 spiro atoms. The lowest BCUT2D eigenvalue weighted by molar-refractivity contribution is -0.0281. The summed E-state index contributed by atoms with van der Waals surface area (Å²) in [5.74, 6) is 0. The second-order valence-corrected chi connectivity index (χ2v) is 16.2. The van der Waals surface area contributed by atoms with E-state index in [1.165, 1.54) is 6.26 Å². The first-order valence-electron chi connectivity index (χ1n) is 16.5. The van der Waals surface area contributed by atoms with Crippen LogP contribution in [0.4, 0.5) is 0 Å². The summed E-state index contributed by atoms with van der Waals surface area (Å²) in [6, 6.07) is 0. The van der Waals surface area contributed by atoms with Crippen LogP contribution in [0.15, 0.2) is 12.8 Å². The van der Waals surface area contributed by atoms with E-state index in [0.29, 0.717) is 159 Å². The SMILES string of the molecule is C=COCCOCCOCCOCCOCCOCCOCCOCCOCCOCCOCCOCCO[Si](C)(C)C(C)(C)C. The lowest BCUT2D eigenvalue weighted by Crippen LogP contribution is -2.41. The van der Waals surface area contributed by atoms with Crippen molar-refractivity contribution in [2.45, 2.75) is 38.9 Å². The third-order valence-corrected chi connectivity index (χ3v) is 11.2. The van der Waals surface area contributed by atoms with E-state index in [4.69, 9.17) is 61.3 Å². The van der Waals surface area contributed by atoms with E-state index >= 15 is 0 Å². The fourth-order valence-corrected chi connectivity index (χ4v) is 4.09. The topological polar surface area (TPSA) is 120 Å². The Kier molecular flexibility index (Phi) is 33.6. The van der Waals surface area contributed by atoms with Crippen LogP contribution >= 0.6 is 0 Å². The summed E-state index contributed by atoms with van der Waals surface area (Å²) in [6.45, 7) is 27.3. The molecule has 46 heavy (non-hydrogen) atoms. The Bertz CT molecular complexity index is 623. The summed E-state index contributed by atoms with van der Waals surface area (Å²) in [4.78, 5) is 0. The number of hydrogen-bond donors (Lipinski definition) is 0. The van der Waals surface area contributed by atoms with Gasteiger partial charge in [0.25, 0.3) is 0 Å². The van der Waals surface area contributed by atoms with Crippen molar-refractivity contribution in [1.82, 2.24) is 0 Å². The van der Waals surface area contributed by atoms with Gasteiger partial charge in [-0.2, -0.15) is 0 Å². The molecule has 0 atom stereocenters. The molecule has 0 saturated carbocycles. The molecule has 0 aromatic carbocycles. The fourth-order valence-electron chi connectivity index (χ4n) is 3.06. The van der Waals surface area contributed by atoms with Gasteiger partial charge >= 0.3 is 0 Å². The van der Waals surface area contributed by atoms with Gasteiger partial charge in [-0.25, -0.2) is 0 Å². The van der Waals surface area contributed by atoms with Crippen LogP contribution in [0.1, 0.15) is 20.8 Å². The lowest BCUT2D eigenvalue weighted by Gasteiger charge is -2.36. The highest BCUT2D eigenvalue weighted by molar-refractivity contribution is 6.74. The average molecular weight is 687 g/mol. The predicted molar refractivity (Wildman–Crippen MR) is 178 cm³/mol. The summed E-state index contributed by atoms with van der Waals surface area (Å²) < 4.78 is 71.2. The molecule has 0 N–H and O–H groups in total. The Morgan fingerprint density at radius 1 is 0.370 bits per heavy atom. The van der Waals surface area contributed by atoms with Gasteiger partial charge in [0.2, 0.25) is 0 Å². The Labute approximate surface area is 279 Å². The maximum absolute atomic E-state index is 6.08. The Morgan fingerprint density at radius 2 is 0.565 bits per heavy atom. The largest absolute Gasteiger partial charge is 0.499 e. The highest BCUT2D eigenvalue weighted by Gasteiger charge is 2.36. The van der Waals surface area contributed by atoms with Crippen LogP contribution < -0.4 is 0 Å². The van der Waals surface area contributed by atoms with Gasteiger partial charge in [-0.15, -0.1) is 0 Å². The monoisotopic (exact) mass is 686 g/mol. The molecule has 0 radical (unpaired) electrons. The Balaban J connectivity index is 3.12. The van der Waals surface area contributed by atoms with Gasteiger partial charge in [-0.05, 0) is 18.1 Å². The standard InChI is InChI=1S/C32H66O13Si/c1-7-33-8-9-34-10-11-35-12-13-36-14-15-37-16-17-38-18-19-39-20-21-40-22-23-41-24-25-42-26-27-43-28-29-44-30-31-45-46(5,6)32(2,3)4/h7H,1,8-31H2,2-6H3. The van der Waals surface area contributed by atoms with Gasteiger partial charge in [0.15, 0.2) is 8.32 Å². The van der Waals surface area contributed by atoms with Gasteiger partial charge in [0, 0.05) is 0 Å². The number of rotatable bonds is 38. The molecule has 14 heteroatoms. The van der Waals surface area contributed by atoms with Gasteiger partial charge in [0.1, 0.15) is 6.61 Å². The van der Waals surface area contributed by atoms with E-state index in [1.54, 1.807) is 0 Å². The minimum atomic E-state index is -1.70. The molecule has 0 aliphatic carbocycles. The molecule has 0 aromatic heterocycles. The molecule has 0 fully saturated rings. The first-order chi connectivity index (χ1) is 22.3. The number of ether oxygens (including phenoxy) is 12. The van der Waals surface area contributed by atoms with Crippen LogP contribution in [0.5, 0.6) is 0 Å². The Hall–Kier alpha value is -0.723. The van der Waals surface area contributed by atoms with Crippen LogP contribution in [-0.4, -0.2) is 167 Å². The predicted octanol–water partition coefficient (Wildman–Crippen LogP) is 3.35. The first kappa shape index (κ1) is 45.3. The van der Waals surface area contributed by atoms with E-state index in [0.717, 1.165) is 0 Å². The van der Waals surface area contributed by atoms with Crippen molar-refractivity contribution in [2.75, 3.05) is 159 Å². The lowest BCUT2D eigenvalue weighted by atomic mass is 10.2. The maximum Gasteiger partial charge on any atom is 0.192 e. The van der Waals surface area contributed by atoms with Crippen molar-refractivity contribution in [3.8, 4) is 0 Å². The summed E-state index contributed by atoms with van der Waals surface area (Å²) in [7, 11) is -1.70. The first-order valence-corrected chi connectivity index (χ1v) is 19.4. The van der Waals surface area contributed by atoms with Crippen LogP contribution in [0.2, 0.25) is 18.1 Å². The van der Waals surface area contributed by atoms with Crippen LogP contribution in [0.25, 0.3) is 0 Å². The zero-order valence-electron chi connectivity index (χ0n) is 29.6. The summed E-state index contributed by atoms with van der Waals surface area (Å²) in [6.07, 6.45) is 1.40. The maximum atomic E-state index is 6.08. The van der Waals surface area contributed by atoms with Gasteiger partial charge in [0.05, 0.1) is 158 Å². The second kappa shape index (κ2) is 34.2. The van der Waals surface area contributed by atoms with Crippen LogP contribution in [0, 0.1) is 0 Å². The van der Waals surface area contributed by atoms with Crippen molar-refractivity contribution < 1.29 is 61.3 Å². The minimum Gasteiger partial charge on any atom is -0.499 e. The molecule has 0 aliphatic heterocycles. The van der Waals surface area contributed by atoms with E-state index in [-0.39, 0.29) is 5.04 Å². The van der Waals surface area contributed by atoms with Crippen molar-refractivity contribution in [3.63, 3.8) is 0 Å². The normalized spacial score (nSPS) is 12.2. The summed E-state index contributed by atoms with van der Waals surface area (Å²) >= 11 is 0. The molecular formula is C32H66O13Si. The van der Waals surface area contributed by atoms with E-state index in [9.17, 15) is 0 Å². The molecule has 0 saturated heterocycles. The van der Waals surface area contributed by atoms with Gasteiger partial charge in [-0.3, -0.25) is 0 Å². The molecular weight excluding hydrogens is 620 g/mol. The van der Waals surface area contributed by atoms with Crippen LogP contribution in [0.3, 0.4) is 0 Å². The quantitative estimate of drug-likeness (QED) is 0.0537. The van der Waals surface area contributed by atoms with Crippen molar-refractivity contribution in [3.05, 3.63) is 12.8 Å². The van der Waals surface area contributed by atoms with E-state index < -0.39 is 8.32 Å². The number of hydrogen-bond acceptors (Lipinski definition) is 13. The molecule has 0 aliphatic rings. The van der Waals surface area contributed by atoms with E-state index in [1.807, 2.05) is 0 Å². The van der Waals surface area contributed by atoms with Crippen molar-refractivity contribution in [2.24, 2.45) is 0 Å². The molecule has 276 valence electrons.